The van der Waals surface area contributed by atoms with Crippen molar-refractivity contribution in [2.45, 2.75) is 29.0 Å². The molecule has 0 aliphatic carbocycles. The van der Waals surface area contributed by atoms with Crippen LogP contribution < -0.4 is 10.6 Å². The average molecular weight is 482 g/mol. The fraction of sp³-hybridized carbons (Fsp3) is 0.280. The molecule has 2 aromatic carbocycles. The monoisotopic (exact) mass is 481 g/mol. The van der Waals surface area contributed by atoms with Crippen molar-refractivity contribution in [1.29, 1.82) is 0 Å². The fourth-order valence-electron chi connectivity index (χ4n) is 4.32. The van der Waals surface area contributed by atoms with Gasteiger partial charge in [-0.2, -0.15) is 5.90 Å². The third-order valence-corrected chi connectivity index (χ3v) is 8.84. The highest BCUT2D eigenvalue weighted by Crippen LogP contribution is 2.37. The highest BCUT2D eigenvalue weighted by atomic mass is 32.2. The topological polar surface area (TPSA) is 112 Å². The van der Waals surface area contributed by atoms with E-state index in [1.807, 2.05) is 42.5 Å². The summed E-state index contributed by atoms with van der Waals surface area (Å²) in [5, 5.41) is 0. The molecule has 1 aliphatic heterocycles. The van der Waals surface area contributed by atoms with Gasteiger partial charge in [-0.25, -0.2) is 13.2 Å². The number of sulfone groups is 1. The van der Waals surface area contributed by atoms with E-state index in [1.165, 1.54) is 19.2 Å². The number of methoxy groups -OCH3 is 1. The van der Waals surface area contributed by atoms with Gasteiger partial charge in [-0.1, -0.05) is 30.3 Å². The van der Waals surface area contributed by atoms with Gasteiger partial charge in [0, 0.05) is 31.4 Å². The molecule has 0 saturated carbocycles. The maximum atomic E-state index is 13.5. The van der Waals surface area contributed by atoms with Crippen LogP contribution in [0.4, 0.5) is 0 Å². The Hall–Kier alpha value is -3.27. The smallest absolute Gasteiger partial charge is 0.346 e. The van der Waals surface area contributed by atoms with E-state index in [4.69, 9.17) is 10.6 Å². The fourth-order valence-corrected chi connectivity index (χ4v) is 6.25. The maximum Gasteiger partial charge on any atom is 0.346 e. The SMILES string of the molecule is COc1ccc(S(=O)(=O)C2(C(=O)ON)CCN(Cc3ccc(-c4ccccn4)cc3)CC2)cc1. The molecule has 1 aliphatic rings. The van der Waals surface area contributed by atoms with Crippen molar-refractivity contribution in [2.24, 2.45) is 5.90 Å². The normalized spacial score (nSPS) is 16.1. The Balaban J connectivity index is 1.49. The number of rotatable bonds is 7. The van der Waals surface area contributed by atoms with E-state index in [1.54, 1.807) is 18.3 Å². The molecule has 1 aromatic heterocycles. The van der Waals surface area contributed by atoms with Gasteiger partial charge in [0.1, 0.15) is 5.75 Å². The molecule has 1 saturated heterocycles. The van der Waals surface area contributed by atoms with Gasteiger partial charge in [-0.05, 0) is 54.8 Å². The van der Waals surface area contributed by atoms with Gasteiger partial charge in [-0.15, -0.1) is 0 Å². The number of piperidine rings is 1. The maximum absolute atomic E-state index is 13.5. The zero-order chi connectivity index (χ0) is 24.2. The Kier molecular flexibility index (Phi) is 6.97. The summed E-state index contributed by atoms with van der Waals surface area (Å²) < 4.78 is 30.4. The predicted molar refractivity (Wildman–Crippen MR) is 127 cm³/mol. The molecule has 2 N–H and O–H groups in total. The number of pyridine rings is 1. The number of nitrogens with zero attached hydrogens (tertiary/aromatic N) is 2. The summed E-state index contributed by atoms with van der Waals surface area (Å²) in [6, 6.07) is 19.9. The van der Waals surface area contributed by atoms with E-state index < -0.39 is 20.6 Å². The third kappa shape index (κ3) is 4.54. The lowest BCUT2D eigenvalue weighted by Gasteiger charge is -2.38. The van der Waals surface area contributed by atoms with Crippen LogP contribution in [-0.2, 0) is 26.0 Å². The molecule has 0 atom stereocenters. The number of carbonyl (C=O) groups excluding carboxylic acids is 1. The van der Waals surface area contributed by atoms with Crippen LogP contribution >= 0.6 is 0 Å². The van der Waals surface area contributed by atoms with Crippen molar-refractivity contribution in [1.82, 2.24) is 9.88 Å². The molecular weight excluding hydrogens is 454 g/mol. The Labute approximate surface area is 199 Å². The molecule has 2 heterocycles. The number of carbonyl (C=O) groups is 1. The molecule has 0 spiro atoms. The molecule has 0 unspecified atom stereocenters. The molecule has 1 fully saturated rings. The van der Waals surface area contributed by atoms with Gasteiger partial charge in [0.15, 0.2) is 14.6 Å². The van der Waals surface area contributed by atoms with E-state index in [2.05, 4.69) is 14.7 Å². The molecule has 9 heteroatoms. The molecule has 3 aromatic rings. The van der Waals surface area contributed by atoms with Crippen molar-refractivity contribution in [3.8, 4) is 17.0 Å². The first-order valence-electron chi connectivity index (χ1n) is 10.9. The van der Waals surface area contributed by atoms with Crippen LogP contribution in [0.15, 0.2) is 77.8 Å². The average Bonchev–Trinajstić information content (AvgIpc) is 2.89. The van der Waals surface area contributed by atoms with Crippen LogP contribution in [0.5, 0.6) is 5.75 Å². The molecule has 4 rings (SSSR count). The zero-order valence-corrected chi connectivity index (χ0v) is 19.7. The summed E-state index contributed by atoms with van der Waals surface area (Å²) in [6.07, 6.45) is 1.93. The summed E-state index contributed by atoms with van der Waals surface area (Å²) in [7, 11) is -2.54. The van der Waals surface area contributed by atoms with Crippen LogP contribution in [-0.4, -0.2) is 49.2 Å². The van der Waals surface area contributed by atoms with Crippen molar-refractivity contribution in [3.63, 3.8) is 0 Å². The van der Waals surface area contributed by atoms with E-state index in [0.29, 0.717) is 25.4 Å². The summed E-state index contributed by atoms with van der Waals surface area (Å²) in [5.41, 5.74) is 3.02. The highest BCUT2D eigenvalue weighted by molar-refractivity contribution is 7.93. The van der Waals surface area contributed by atoms with Gasteiger partial charge in [0.25, 0.3) is 0 Å². The van der Waals surface area contributed by atoms with Gasteiger partial charge < -0.3 is 9.57 Å². The third-order valence-electron chi connectivity index (χ3n) is 6.35. The van der Waals surface area contributed by atoms with Crippen LogP contribution in [0.2, 0.25) is 0 Å². The van der Waals surface area contributed by atoms with Crippen molar-refractivity contribution >= 4 is 15.8 Å². The van der Waals surface area contributed by atoms with E-state index in [-0.39, 0.29) is 17.7 Å². The largest absolute Gasteiger partial charge is 0.497 e. The van der Waals surface area contributed by atoms with E-state index in [0.717, 1.165) is 16.8 Å². The van der Waals surface area contributed by atoms with Crippen LogP contribution in [0, 0.1) is 0 Å². The zero-order valence-electron chi connectivity index (χ0n) is 18.9. The standard InChI is InChI=1S/C25H27N3O5S/c1-32-21-9-11-22(12-10-21)34(30,31)25(24(29)33-26)13-16-28(17-14-25)18-19-5-7-20(8-6-19)23-4-2-3-15-27-23/h2-12,15H,13-14,16-18,26H2,1H3. The predicted octanol–water partition coefficient (Wildman–Crippen LogP) is 2.98. The van der Waals surface area contributed by atoms with Crippen LogP contribution in [0.1, 0.15) is 18.4 Å². The molecule has 8 nitrogen and oxygen atoms in total. The molecule has 0 radical (unpaired) electrons. The second-order valence-corrected chi connectivity index (χ2v) is 10.5. The minimum atomic E-state index is -4.04. The van der Waals surface area contributed by atoms with Gasteiger partial charge in [-0.3, -0.25) is 9.88 Å². The molecule has 34 heavy (non-hydrogen) atoms. The lowest BCUT2D eigenvalue weighted by Crippen LogP contribution is -2.55. The van der Waals surface area contributed by atoms with Crippen molar-refractivity contribution in [2.75, 3.05) is 20.2 Å². The molecular formula is C25H27N3O5S. The number of likely N-dealkylation sites (tertiary alicyclic amines) is 1. The van der Waals surface area contributed by atoms with Gasteiger partial charge in [0.2, 0.25) is 0 Å². The Bertz CT molecular complexity index is 1220. The number of hydrogen-bond acceptors (Lipinski definition) is 8. The van der Waals surface area contributed by atoms with Crippen molar-refractivity contribution in [3.05, 3.63) is 78.5 Å². The first kappa shape index (κ1) is 23.9. The summed E-state index contributed by atoms with van der Waals surface area (Å²) in [4.78, 5) is 23.7. The van der Waals surface area contributed by atoms with Gasteiger partial charge in [0.05, 0.1) is 17.7 Å². The molecule has 0 amide bonds. The minimum Gasteiger partial charge on any atom is -0.497 e. The number of benzene rings is 2. The first-order chi connectivity index (χ1) is 16.4. The molecule has 0 bridgehead atoms. The number of ether oxygens (including phenoxy) is 1. The van der Waals surface area contributed by atoms with Crippen molar-refractivity contribution < 1.29 is 22.8 Å². The Morgan fingerprint density at radius 3 is 2.26 bits per heavy atom. The lowest BCUT2D eigenvalue weighted by molar-refractivity contribution is -0.148. The summed E-state index contributed by atoms with van der Waals surface area (Å²) in [6.45, 7) is 1.46. The number of nitrogens with two attached hydrogens (primary N) is 1. The van der Waals surface area contributed by atoms with Gasteiger partial charge >= 0.3 is 5.97 Å². The van der Waals surface area contributed by atoms with Crippen LogP contribution in [0.25, 0.3) is 11.3 Å². The summed E-state index contributed by atoms with van der Waals surface area (Å²) in [5.74, 6) is 4.77. The second-order valence-electron chi connectivity index (χ2n) is 8.27. The minimum absolute atomic E-state index is 0.0391. The Morgan fingerprint density at radius 2 is 1.71 bits per heavy atom. The Morgan fingerprint density at radius 1 is 1.03 bits per heavy atom. The quantitative estimate of drug-likeness (QED) is 0.513. The molecule has 178 valence electrons. The van der Waals surface area contributed by atoms with Crippen LogP contribution in [0.3, 0.4) is 0 Å². The lowest BCUT2D eigenvalue weighted by atomic mass is 9.95. The second kappa shape index (κ2) is 9.92. The summed E-state index contributed by atoms with van der Waals surface area (Å²) >= 11 is 0. The number of hydrogen-bond donors (Lipinski definition) is 1. The first-order valence-corrected chi connectivity index (χ1v) is 12.4. The van der Waals surface area contributed by atoms with E-state index >= 15 is 0 Å². The van der Waals surface area contributed by atoms with E-state index in [9.17, 15) is 13.2 Å². The highest BCUT2D eigenvalue weighted by Gasteiger charge is 2.54. The number of aromatic nitrogens is 1.